The minimum atomic E-state index is -0.398. The Balaban J connectivity index is 2.20. The number of aromatic nitrogens is 1. The molecule has 0 aliphatic rings. The molecule has 0 fully saturated rings. The summed E-state index contributed by atoms with van der Waals surface area (Å²) in [4.78, 5) is 14.8. The molecule has 19 heavy (non-hydrogen) atoms. The second-order valence-electron chi connectivity index (χ2n) is 4.33. The average Bonchev–Trinajstić information content (AvgIpc) is 2.89. The Morgan fingerprint density at radius 2 is 2.11 bits per heavy atom. The summed E-state index contributed by atoms with van der Waals surface area (Å²) >= 11 is 1.62. The van der Waals surface area contributed by atoms with Gasteiger partial charge in [-0.3, -0.25) is 10.1 Å². The van der Waals surface area contributed by atoms with Gasteiger partial charge in [-0.25, -0.2) is 4.98 Å². The van der Waals surface area contributed by atoms with Crippen LogP contribution in [0.1, 0.15) is 17.8 Å². The van der Waals surface area contributed by atoms with Gasteiger partial charge in [0.1, 0.15) is 0 Å². The van der Waals surface area contributed by atoms with Crippen molar-refractivity contribution in [3.05, 3.63) is 44.8 Å². The zero-order valence-corrected chi connectivity index (χ0v) is 11.6. The average molecular weight is 277 g/mol. The molecule has 1 aromatic heterocycles. The number of benzene rings is 1. The molecule has 1 heterocycles. The van der Waals surface area contributed by atoms with Gasteiger partial charge in [0, 0.05) is 35.5 Å². The van der Waals surface area contributed by atoms with Crippen LogP contribution >= 0.6 is 11.3 Å². The standard InChI is InChI=1S/C13H15N3O2S/c1-9(7-14-2)13-15-12(8-19-13)10-3-5-11(6-4-10)16(17)18/h3-6,8-9,14H,7H2,1-2H3. The summed E-state index contributed by atoms with van der Waals surface area (Å²) in [7, 11) is 1.92. The summed E-state index contributed by atoms with van der Waals surface area (Å²) in [6, 6.07) is 6.48. The lowest BCUT2D eigenvalue weighted by Crippen LogP contribution is -2.14. The van der Waals surface area contributed by atoms with Crippen molar-refractivity contribution in [2.45, 2.75) is 12.8 Å². The summed E-state index contributed by atoms with van der Waals surface area (Å²) in [6.45, 7) is 3.00. The van der Waals surface area contributed by atoms with Gasteiger partial charge in [0.2, 0.25) is 0 Å². The molecule has 0 saturated heterocycles. The Morgan fingerprint density at radius 3 is 2.68 bits per heavy atom. The van der Waals surface area contributed by atoms with Gasteiger partial charge < -0.3 is 5.32 Å². The van der Waals surface area contributed by atoms with Gasteiger partial charge in [-0.05, 0) is 19.2 Å². The number of nitrogens with one attached hydrogen (secondary N) is 1. The van der Waals surface area contributed by atoms with Crippen molar-refractivity contribution in [2.24, 2.45) is 0 Å². The van der Waals surface area contributed by atoms with E-state index in [4.69, 9.17) is 0 Å². The summed E-state index contributed by atoms with van der Waals surface area (Å²) < 4.78 is 0. The monoisotopic (exact) mass is 277 g/mol. The third kappa shape index (κ3) is 3.15. The minimum Gasteiger partial charge on any atom is -0.319 e. The molecule has 1 atom stereocenters. The molecular weight excluding hydrogens is 262 g/mol. The summed E-state index contributed by atoms with van der Waals surface area (Å²) in [6.07, 6.45) is 0. The summed E-state index contributed by atoms with van der Waals surface area (Å²) in [5.41, 5.74) is 1.88. The fourth-order valence-electron chi connectivity index (χ4n) is 1.79. The lowest BCUT2D eigenvalue weighted by atomic mass is 10.1. The predicted octanol–water partition coefficient (Wildman–Crippen LogP) is 3.04. The molecule has 1 unspecified atom stereocenters. The van der Waals surface area contributed by atoms with E-state index in [0.717, 1.165) is 22.8 Å². The van der Waals surface area contributed by atoms with E-state index in [1.807, 2.05) is 12.4 Å². The van der Waals surface area contributed by atoms with Crippen molar-refractivity contribution in [1.29, 1.82) is 0 Å². The molecular formula is C13H15N3O2S. The van der Waals surface area contributed by atoms with E-state index in [9.17, 15) is 10.1 Å². The first-order valence-corrected chi connectivity index (χ1v) is 6.84. The van der Waals surface area contributed by atoms with Crippen LogP contribution in [-0.2, 0) is 0 Å². The zero-order valence-electron chi connectivity index (χ0n) is 10.8. The second-order valence-corrected chi connectivity index (χ2v) is 5.22. The van der Waals surface area contributed by atoms with Crippen LogP contribution in [0.3, 0.4) is 0 Å². The fraction of sp³-hybridized carbons (Fsp3) is 0.308. The predicted molar refractivity (Wildman–Crippen MR) is 76.5 cm³/mol. The summed E-state index contributed by atoms with van der Waals surface area (Å²) in [5.74, 6) is 0.363. The van der Waals surface area contributed by atoms with E-state index in [0.29, 0.717) is 5.92 Å². The van der Waals surface area contributed by atoms with E-state index in [1.54, 1.807) is 23.5 Å². The van der Waals surface area contributed by atoms with Crippen LogP contribution in [0, 0.1) is 10.1 Å². The van der Waals surface area contributed by atoms with Gasteiger partial charge in [-0.15, -0.1) is 11.3 Å². The molecule has 5 nitrogen and oxygen atoms in total. The van der Waals surface area contributed by atoms with E-state index >= 15 is 0 Å². The van der Waals surface area contributed by atoms with Gasteiger partial charge >= 0.3 is 0 Å². The molecule has 6 heteroatoms. The number of nitro benzene ring substituents is 1. The number of rotatable bonds is 5. The highest BCUT2D eigenvalue weighted by Gasteiger charge is 2.11. The normalized spacial score (nSPS) is 12.3. The van der Waals surface area contributed by atoms with Crippen LogP contribution in [0.5, 0.6) is 0 Å². The van der Waals surface area contributed by atoms with Crippen molar-refractivity contribution < 1.29 is 4.92 Å². The molecule has 0 spiro atoms. The molecule has 100 valence electrons. The highest BCUT2D eigenvalue weighted by molar-refractivity contribution is 7.10. The molecule has 2 rings (SSSR count). The molecule has 0 radical (unpaired) electrons. The quantitative estimate of drug-likeness (QED) is 0.673. The Hall–Kier alpha value is -1.79. The number of non-ortho nitro benzene ring substituents is 1. The Kier molecular flexibility index (Phi) is 4.24. The van der Waals surface area contributed by atoms with Gasteiger partial charge in [0.15, 0.2) is 0 Å². The van der Waals surface area contributed by atoms with Crippen LogP contribution < -0.4 is 5.32 Å². The highest BCUT2D eigenvalue weighted by atomic mass is 32.1. The van der Waals surface area contributed by atoms with Gasteiger partial charge in [-0.2, -0.15) is 0 Å². The van der Waals surface area contributed by atoms with E-state index in [-0.39, 0.29) is 5.69 Å². The van der Waals surface area contributed by atoms with Crippen molar-refractivity contribution in [1.82, 2.24) is 10.3 Å². The highest BCUT2D eigenvalue weighted by Crippen LogP contribution is 2.27. The molecule has 2 aromatic rings. The molecule has 0 aliphatic carbocycles. The van der Waals surface area contributed by atoms with Crippen LogP contribution in [0.25, 0.3) is 11.3 Å². The Morgan fingerprint density at radius 1 is 1.42 bits per heavy atom. The third-order valence-corrected chi connectivity index (χ3v) is 3.90. The summed E-state index contributed by atoms with van der Waals surface area (Å²) in [5, 5.41) is 16.8. The minimum absolute atomic E-state index is 0.0998. The van der Waals surface area contributed by atoms with E-state index in [2.05, 4.69) is 17.2 Å². The first kappa shape index (κ1) is 13.6. The Labute approximate surface area is 115 Å². The molecule has 0 amide bonds. The zero-order chi connectivity index (χ0) is 13.8. The maximum atomic E-state index is 10.6. The number of likely N-dealkylation sites (N-methyl/N-ethyl adjacent to an activating group) is 1. The fourth-order valence-corrected chi connectivity index (χ4v) is 2.68. The van der Waals surface area contributed by atoms with Crippen LogP contribution in [0.4, 0.5) is 5.69 Å². The van der Waals surface area contributed by atoms with E-state index in [1.165, 1.54) is 12.1 Å². The van der Waals surface area contributed by atoms with Crippen molar-refractivity contribution in [2.75, 3.05) is 13.6 Å². The van der Waals surface area contributed by atoms with Crippen LogP contribution in [0.2, 0.25) is 0 Å². The number of nitrogens with zero attached hydrogens (tertiary/aromatic N) is 2. The maximum Gasteiger partial charge on any atom is 0.269 e. The molecule has 1 N–H and O–H groups in total. The maximum absolute atomic E-state index is 10.6. The lowest BCUT2D eigenvalue weighted by molar-refractivity contribution is -0.384. The first-order chi connectivity index (χ1) is 9.11. The molecule has 0 bridgehead atoms. The van der Waals surface area contributed by atoms with Crippen LogP contribution in [-0.4, -0.2) is 23.5 Å². The van der Waals surface area contributed by atoms with Gasteiger partial charge in [0.05, 0.1) is 15.6 Å². The number of hydrogen-bond acceptors (Lipinski definition) is 5. The topological polar surface area (TPSA) is 68.1 Å². The van der Waals surface area contributed by atoms with Crippen molar-refractivity contribution >= 4 is 17.0 Å². The van der Waals surface area contributed by atoms with Crippen molar-refractivity contribution in [3.8, 4) is 11.3 Å². The smallest absolute Gasteiger partial charge is 0.269 e. The number of nitro groups is 1. The van der Waals surface area contributed by atoms with E-state index < -0.39 is 4.92 Å². The van der Waals surface area contributed by atoms with Gasteiger partial charge in [0.25, 0.3) is 5.69 Å². The lowest BCUT2D eigenvalue weighted by Gasteiger charge is -2.05. The Bertz CT molecular complexity index is 566. The van der Waals surface area contributed by atoms with Crippen LogP contribution in [0.15, 0.2) is 29.6 Å². The third-order valence-electron chi connectivity index (χ3n) is 2.83. The molecule has 1 aromatic carbocycles. The molecule has 0 saturated carbocycles. The van der Waals surface area contributed by atoms with Gasteiger partial charge in [-0.1, -0.05) is 6.92 Å². The molecule has 0 aliphatic heterocycles. The SMILES string of the molecule is CNCC(C)c1nc(-c2ccc([N+](=O)[O-])cc2)cs1. The number of hydrogen-bond donors (Lipinski definition) is 1. The second kappa shape index (κ2) is 5.90. The largest absolute Gasteiger partial charge is 0.319 e. The van der Waals surface area contributed by atoms with Crippen molar-refractivity contribution in [3.63, 3.8) is 0 Å². The number of thiazole rings is 1. The first-order valence-electron chi connectivity index (χ1n) is 5.96.